The zero-order chi connectivity index (χ0) is 26.2. The van der Waals surface area contributed by atoms with Gasteiger partial charge in [-0.15, -0.1) is 11.3 Å². The molecule has 1 aliphatic rings. The fraction of sp³-hybridized carbons (Fsp3) is 0.379. The van der Waals surface area contributed by atoms with E-state index in [9.17, 15) is 14.0 Å². The minimum atomic E-state index is -0.311. The molecule has 196 valence electrons. The lowest BCUT2D eigenvalue weighted by atomic mass is 10.1. The molecule has 0 unspecified atom stereocenters. The lowest BCUT2D eigenvalue weighted by Gasteiger charge is -2.31. The van der Waals surface area contributed by atoms with Gasteiger partial charge >= 0.3 is 0 Å². The van der Waals surface area contributed by atoms with Crippen molar-refractivity contribution in [3.8, 4) is 0 Å². The number of carbonyl (C=O) groups is 2. The summed E-state index contributed by atoms with van der Waals surface area (Å²) in [5, 5.41) is 2.02. The smallest absolute Gasteiger partial charge is 0.254 e. The molecular formula is C29H34FN3O3S. The first kappa shape index (κ1) is 27.0. The van der Waals surface area contributed by atoms with E-state index in [0.29, 0.717) is 45.0 Å². The van der Waals surface area contributed by atoms with Crippen LogP contribution in [0.5, 0.6) is 0 Å². The van der Waals surface area contributed by atoms with Gasteiger partial charge in [0.05, 0.1) is 19.8 Å². The van der Waals surface area contributed by atoms with Crippen LogP contribution in [0.2, 0.25) is 0 Å². The van der Waals surface area contributed by atoms with Crippen LogP contribution in [0.1, 0.15) is 31.9 Å². The van der Waals surface area contributed by atoms with Gasteiger partial charge in [-0.2, -0.15) is 0 Å². The second-order valence-electron chi connectivity index (χ2n) is 9.40. The first-order valence-electron chi connectivity index (χ1n) is 12.6. The van der Waals surface area contributed by atoms with E-state index in [1.807, 2.05) is 49.6 Å². The molecular weight excluding hydrogens is 489 g/mol. The van der Waals surface area contributed by atoms with Crippen LogP contribution in [0.3, 0.4) is 0 Å². The summed E-state index contributed by atoms with van der Waals surface area (Å²) in [4.78, 5) is 34.2. The number of amides is 2. The first-order valence-corrected chi connectivity index (χ1v) is 13.5. The highest BCUT2D eigenvalue weighted by molar-refractivity contribution is 7.10. The summed E-state index contributed by atoms with van der Waals surface area (Å²) < 4.78 is 19.0. The quantitative estimate of drug-likeness (QED) is 0.393. The molecule has 1 saturated heterocycles. The molecule has 4 rings (SSSR count). The lowest BCUT2D eigenvalue weighted by Crippen LogP contribution is -2.47. The molecule has 0 N–H and O–H groups in total. The van der Waals surface area contributed by atoms with Crippen LogP contribution < -0.4 is 0 Å². The largest absolute Gasteiger partial charge is 0.379 e. The molecule has 2 heterocycles. The van der Waals surface area contributed by atoms with Gasteiger partial charge in [0, 0.05) is 43.2 Å². The van der Waals surface area contributed by atoms with Crippen molar-refractivity contribution in [2.45, 2.75) is 26.9 Å². The summed E-state index contributed by atoms with van der Waals surface area (Å²) in [6.45, 7) is 8.80. The van der Waals surface area contributed by atoms with E-state index in [0.717, 1.165) is 34.7 Å². The summed E-state index contributed by atoms with van der Waals surface area (Å²) in [6, 6.07) is 15.7. The molecule has 3 aromatic rings. The van der Waals surface area contributed by atoms with Crippen LogP contribution in [-0.2, 0) is 22.6 Å². The Kier molecular flexibility index (Phi) is 9.44. The molecule has 2 amide bonds. The molecule has 37 heavy (non-hydrogen) atoms. The fourth-order valence-electron chi connectivity index (χ4n) is 4.37. The third-order valence-electron chi connectivity index (χ3n) is 6.72. The molecule has 0 atom stereocenters. The summed E-state index contributed by atoms with van der Waals surface area (Å²) in [5.74, 6) is -0.594. The van der Waals surface area contributed by atoms with Gasteiger partial charge in [0.25, 0.3) is 5.91 Å². The number of benzene rings is 2. The van der Waals surface area contributed by atoms with Crippen molar-refractivity contribution >= 4 is 23.2 Å². The summed E-state index contributed by atoms with van der Waals surface area (Å²) in [5.41, 5.74) is 3.46. The van der Waals surface area contributed by atoms with Crippen LogP contribution >= 0.6 is 11.3 Å². The van der Waals surface area contributed by atoms with E-state index in [1.54, 1.807) is 33.3 Å². The fourth-order valence-corrected chi connectivity index (χ4v) is 5.29. The molecule has 0 saturated carbocycles. The number of thiophene rings is 1. The minimum Gasteiger partial charge on any atom is -0.379 e. The van der Waals surface area contributed by atoms with Crippen molar-refractivity contribution in [3.63, 3.8) is 0 Å². The highest BCUT2D eigenvalue weighted by Gasteiger charge is 2.25. The summed E-state index contributed by atoms with van der Waals surface area (Å²) >= 11 is 1.61. The number of aryl methyl sites for hydroxylation is 2. The standard InChI is InChI=1S/C29H34FN3O3S/c1-22-5-3-4-6-26(22)29(35)32(13-12-31-14-16-36-17-15-31)21-28(34)33(20-27-23(2)11-18-37-27)19-24-7-9-25(30)10-8-24/h3-11,18H,12-17,19-21H2,1-2H3. The van der Waals surface area contributed by atoms with E-state index < -0.39 is 0 Å². The zero-order valence-corrected chi connectivity index (χ0v) is 22.3. The first-order chi connectivity index (χ1) is 17.9. The Hall–Kier alpha value is -3.07. The second-order valence-corrected chi connectivity index (χ2v) is 10.4. The van der Waals surface area contributed by atoms with Crippen molar-refractivity contribution in [2.75, 3.05) is 45.9 Å². The minimum absolute atomic E-state index is 0.0247. The van der Waals surface area contributed by atoms with E-state index in [2.05, 4.69) is 4.90 Å². The monoisotopic (exact) mass is 523 g/mol. The van der Waals surface area contributed by atoms with Crippen LogP contribution in [0.15, 0.2) is 60.0 Å². The van der Waals surface area contributed by atoms with Crippen molar-refractivity contribution in [1.82, 2.24) is 14.7 Å². The Morgan fingerprint density at radius 1 is 0.946 bits per heavy atom. The zero-order valence-electron chi connectivity index (χ0n) is 21.5. The lowest BCUT2D eigenvalue weighted by molar-refractivity contribution is -0.133. The molecule has 8 heteroatoms. The Morgan fingerprint density at radius 2 is 1.68 bits per heavy atom. The average Bonchev–Trinajstić information content (AvgIpc) is 3.31. The number of nitrogens with zero attached hydrogens (tertiary/aromatic N) is 3. The molecule has 0 aliphatic carbocycles. The van der Waals surface area contributed by atoms with Crippen LogP contribution in [0.25, 0.3) is 0 Å². The van der Waals surface area contributed by atoms with Gasteiger partial charge in [-0.05, 0) is 60.2 Å². The Balaban J connectivity index is 1.55. The van der Waals surface area contributed by atoms with Crippen LogP contribution in [0, 0.1) is 19.7 Å². The Morgan fingerprint density at radius 3 is 2.35 bits per heavy atom. The molecule has 1 fully saturated rings. The Labute approximate surface area is 222 Å². The maximum Gasteiger partial charge on any atom is 0.254 e. The maximum atomic E-state index is 13.8. The predicted molar refractivity (Wildman–Crippen MR) is 144 cm³/mol. The highest BCUT2D eigenvalue weighted by Crippen LogP contribution is 2.20. The number of hydrogen-bond acceptors (Lipinski definition) is 5. The van der Waals surface area contributed by atoms with Crippen LogP contribution in [-0.4, -0.2) is 72.5 Å². The molecule has 2 aromatic carbocycles. The molecule has 1 aliphatic heterocycles. The topological polar surface area (TPSA) is 53.1 Å². The van der Waals surface area contributed by atoms with Crippen molar-refractivity contribution < 1.29 is 18.7 Å². The number of carbonyl (C=O) groups excluding carboxylic acids is 2. The van der Waals surface area contributed by atoms with Gasteiger partial charge in [-0.3, -0.25) is 14.5 Å². The van der Waals surface area contributed by atoms with Gasteiger partial charge in [0.15, 0.2) is 0 Å². The normalized spacial score (nSPS) is 13.9. The maximum absolute atomic E-state index is 13.8. The van der Waals surface area contributed by atoms with E-state index >= 15 is 0 Å². The van der Waals surface area contributed by atoms with E-state index in [-0.39, 0.29) is 24.2 Å². The molecule has 6 nitrogen and oxygen atoms in total. The highest BCUT2D eigenvalue weighted by atomic mass is 32.1. The van der Waals surface area contributed by atoms with Gasteiger partial charge in [0.1, 0.15) is 12.4 Å². The predicted octanol–water partition coefficient (Wildman–Crippen LogP) is 4.51. The number of halogens is 1. The SMILES string of the molecule is Cc1ccccc1C(=O)N(CCN1CCOCC1)CC(=O)N(Cc1ccc(F)cc1)Cc1sccc1C. The molecule has 0 spiro atoms. The second kappa shape index (κ2) is 12.9. The van der Waals surface area contributed by atoms with Gasteiger partial charge in [0.2, 0.25) is 5.91 Å². The summed E-state index contributed by atoms with van der Waals surface area (Å²) in [6.07, 6.45) is 0. The van der Waals surface area contributed by atoms with Crippen molar-refractivity contribution in [1.29, 1.82) is 0 Å². The van der Waals surface area contributed by atoms with Crippen LogP contribution in [0.4, 0.5) is 4.39 Å². The number of hydrogen-bond donors (Lipinski definition) is 0. The molecule has 1 aromatic heterocycles. The third-order valence-corrected chi connectivity index (χ3v) is 7.73. The van der Waals surface area contributed by atoms with Gasteiger partial charge < -0.3 is 14.5 Å². The van der Waals surface area contributed by atoms with E-state index in [4.69, 9.17) is 4.74 Å². The van der Waals surface area contributed by atoms with Gasteiger partial charge in [-0.1, -0.05) is 30.3 Å². The Bertz CT molecular complexity index is 1190. The van der Waals surface area contributed by atoms with Crippen molar-refractivity contribution in [3.05, 3.63) is 92.9 Å². The number of morpholine rings is 1. The van der Waals surface area contributed by atoms with Crippen molar-refractivity contribution in [2.24, 2.45) is 0 Å². The number of rotatable bonds is 10. The average molecular weight is 524 g/mol. The van der Waals surface area contributed by atoms with E-state index in [1.165, 1.54) is 12.1 Å². The van der Waals surface area contributed by atoms with Gasteiger partial charge in [-0.25, -0.2) is 4.39 Å². The number of ether oxygens (including phenoxy) is 1. The third kappa shape index (κ3) is 7.47. The molecule has 0 bridgehead atoms. The molecule has 0 radical (unpaired) electrons. The summed E-state index contributed by atoms with van der Waals surface area (Å²) in [7, 11) is 0.